The first-order valence-electron chi connectivity index (χ1n) is 6.95. The van der Waals surface area contributed by atoms with Crippen LogP contribution in [-0.2, 0) is 17.2 Å². The Bertz CT molecular complexity index is 670. The average molecular weight is 306 g/mol. The second-order valence-electron chi connectivity index (χ2n) is 5.97. The standard InChI is InChI=1S/C16H20ClN3O/c1-16(2,6-7-21-3)11-20-14-8-12(10-18)4-5-13(14)19-15(20)9-17/h4-5,8H,6-7,9,11H2,1-3H3. The van der Waals surface area contributed by atoms with E-state index in [1.807, 2.05) is 12.1 Å². The van der Waals surface area contributed by atoms with Crippen LogP contribution in [0.5, 0.6) is 0 Å². The quantitative estimate of drug-likeness (QED) is 0.764. The summed E-state index contributed by atoms with van der Waals surface area (Å²) in [4.78, 5) is 4.56. The summed E-state index contributed by atoms with van der Waals surface area (Å²) < 4.78 is 7.31. The Kier molecular flexibility index (Phi) is 4.87. The Balaban J connectivity index is 2.43. The predicted octanol–water partition coefficient (Wildman–Crippen LogP) is 3.71. The van der Waals surface area contributed by atoms with Crippen LogP contribution in [-0.4, -0.2) is 23.3 Å². The Morgan fingerprint density at radius 1 is 1.43 bits per heavy atom. The number of fused-ring (bicyclic) bond motifs is 1. The highest BCUT2D eigenvalue weighted by Crippen LogP contribution is 2.28. The van der Waals surface area contributed by atoms with Crippen molar-refractivity contribution < 1.29 is 4.74 Å². The Morgan fingerprint density at radius 2 is 2.19 bits per heavy atom. The fourth-order valence-electron chi connectivity index (χ4n) is 2.41. The lowest BCUT2D eigenvalue weighted by Gasteiger charge is -2.26. The molecule has 4 nitrogen and oxygen atoms in total. The van der Waals surface area contributed by atoms with Gasteiger partial charge in [0.15, 0.2) is 0 Å². The van der Waals surface area contributed by atoms with E-state index in [0.29, 0.717) is 11.4 Å². The van der Waals surface area contributed by atoms with Crippen LogP contribution in [0.15, 0.2) is 18.2 Å². The second-order valence-corrected chi connectivity index (χ2v) is 6.24. The van der Waals surface area contributed by atoms with Gasteiger partial charge in [-0.1, -0.05) is 13.8 Å². The molecule has 1 aromatic heterocycles. The third kappa shape index (κ3) is 3.55. The molecule has 0 fully saturated rings. The average Bonchev–Trinajstić information content (AvgIpc) is 2.81. The molecule has 0 aliphatic carbocycles. The minimum Gasteiger partial charge on any atom is -0.385 e. The molecule has 0 aliphatic heterocycles. The molecular weight excluding hydrogens is 286 g/mol. The number of halogens is 1. The summed E-state index contributed by atoms with van der Waals surface area (Å²) in [6.07, 6.45) is 0.947. The van der Waals surface area contributed by atoms with E-state index in [1.165, 1.54) is 0 Å². The molecule has 0 radical (unpaired) electrons. The number of imidazole rings is 1. The van der Waals surface area contributed by atoms with E-state index in [4.69, 9.17) is 21.6 Å². The van der Waals surface area contributed by atoms with Crippen molar-refractivity contribution in [2.45, 2.75) is 32.7 Å². The molecule has 21 heavy (non-hydrogen) atoms. The minimum absolute atomic E-state index is 0.0626. The lowest BCUT2D eigenvalue weighted by Crippen LogP contribution is -2.22. The maximum absolute atomic E-state index is 9.08. The maximum Gasteiger partial charge on any atom is 0.124 e. The number of ether oxygens (including phenoxy) is 1. The third-order valence-electron chi connectivity index (χ3n) is 3.65. The lowest BCUT2D eigenvalue weighted by atomic mass is 9.89. The first-order chi connectivity index (χ1) is 10.0. The molecule has 2 rings (SSSR count). The first-order valence-corrected chi connectivity index (χ1v) is 7.48. The second kappa shape index (κ2) is 6.46. The van der Waals surface area contributed by atoms with Crippen LogP contribution in [0.25, 0.3) is 11.0 Å². The Labute approximate surface area is 130 Å². The van der Waals surface area contributed by atoms with Gasteiger partial charge in [-0.05, 0) is 30.0 Å². The van der Waals surface area contributed by atoms with Crippen LogP contribution in [0.4, 0.5) is 0 Å². The van der Waals surface area contributed by atoms with Crippen LogP contribution in [0.2, 0.25) is 0 Å². The Morgan fingerprint density at radius 3 is 2.81 bits per heavy atom. The van der Waals surface area contributed by atoms with Gasteiger partial charge in [0, 0.05) is 20.3 Å². The summed E-state index contributed by atoms with van der Waals surface area (Å²) in [5, 5.41) is 9.08. The number of alkyl halides is 1. The molecule has 0 N–H and O–H groups in total. The molecule has 1 aromatic carbocycles. The van der Waals surface area contributed by atoms with Gasteiger partial charge in [-0.2, -0.15) is 5.26 Å². The van der Waals surface area contributed by atoms with E-state index < -0.39 is 0 Å². The van der Waals surface area contributed by atoms with Gasteiger partial charge in [-0.15, -0.1) is 11.6 Å². The summed E-state index contributed by atoms with van der Waals surface area (Å²) in [5.74, 6) is 1.20. The lowest BCUT2D eigenvalue weighted by molar-refractivity contribution is 0.143. The smallest absolute Gasteiger partial charge is 0.124 e. The number of nitrogens with zero attached hydrogens (tertiary/aromatic N) is 3. The van der Waals surface area contributed by atoms with Crippen LogP contribution in [0.3, 0.4) is 0 Å². The predicted molar refractivity (Wildman–Crippen MR) is 84.3 cm³/mol. The number of hydrogen-bond acceptors (Lipinski definition) is 3. The number of benzene rings is 1. The maximum atomic E-state index is 9.08. The van der Waals surface area contributed by atoms with Crippen molar-refractivity contribution in [3.63, 3.8) is 0 Å². The van der Waals surface area contributed by atoms with Crippen molar-refractivity contribution in [1.82, 2.24) is 9.55 Å². The number of nitriles is 1. The monoisotopic (exact) mass is 305 g/mol. The van der Waals surface area contributed by atoms with Gasteiger partial charge < -0.3 is 9.30 Å². The Hall–Kier alpha value is -1.57. The van der Waals surface area contributed by atoms with Gasteiger partial charge in [-0.3, -0.25) is 0 Å². The van der Waals surface area contributed by atoms with Crippen molar-refractivity contribution in [2.24, 2.45) is 5.41 Å². The molecule has 112 valence electrons. The van der Waals surface area contributed by atoms with Crippen LogP contribution < -0.4 is 0 Å². The SMILES string of the molecule is COCCC(C)(C)Cn1c(CCl)nc2ccc(C#N)cc21. The molecule has 5 heteroatoms. The number of aromatic nitrogens is 2. The fraction of sp³-hybridized carbons (Fsp3) is 0.500. The summed E-state index contributed by atoms with van der Waals surface area (Å²) in [7, 11) is 1.71. The van der Waals surface area contributed by atoms with Crippen molar-refractivity contribution in [3.05, 3.63) is 29.6 Å². The highest BCUT2D eigenvalue weighted by atomic mass is 35.5. The molecule has 0 saturated heterocycles. The highest BCUT2D eigenvalue weighted by molar-refractivity contribution is 6.16. The number of hydrogen-bond donors (Lipinski definition) is 0. The molecule has 0 atom stereocenters. The number of rotatable bonds is 6. The molecule has 0 unspecified atom stereocenters. The molecule has 0 saturated carbocycles. The topological polar surface area (TPSA) is 50.8 Å². The van der Waals surface area contributed by atoms with E-state index in [-0.39, 0.29) is 5.41 Å². The van der Waals surface area contributed by atoms with Gasteiger partial charge >= 0.3 is 0 Å². The van der Waals surface area contributed by atoms with Gasteiger partial charge in [0.05, 0.1) is 28.5 Å². The van der Waals surface area contributed by atoms with Crippen molar-refractivity contribution in [3.8, 4) is 6.07 Å². The summed E-state index contributed by atoms with van der Waals surface area (Å²) in [5.41, 5.74) is 2.55. The summed E-state index contributed by atoms with van der Waals surface area (Å²) >= 11 is 6.04. The van der Waals surface area contributed by atoms with Crippen LogP contribution >= 0.6 is 11.6 Å². The van der Waals surface area contributed by atoms with Gasteiger partial charge in [0.2, 0.25) is 0 Å². The van der Waals surface area contributed by atoms with E-state index in [1.54, 1.807) is 13.2 Å². The zero-order valence-electron chi connectivity index (χ0n) is 12.7. The van der Waals surface area contributed by atoms with Crippen molar-refractivity contribution >= 4 is 22.6 Å². The zero-order chi connectivity index (χ0) is 15.5. The summed E-state index contributed by atoms with van der Waals surface area (Å²) in [6, 6.07) is 7.72. The molecule has 2 aromatic rings. The van der Waals surface area contributed by atoms with E-state index >= 15 is 0 Å². The van der Waals surface area contributed by atoms with Crippen LogP contribution in [0.1, 0.15) is 31.7 Å². The van der Waals surface area contributed by atoms with Gasteiger partial charge in [0.25, 0.3) is 0 Å². The normalized spacial score (nSPS) is 11.8. The molecule has 0 amide bonds. The molecule has 0 spiro atoms. The molecule has 1 heterocycles. The highest BCUT2D eigenvalue weighted by Gasteiger charge is 2.22. The molecular formula is C16H20ClN3O. The largest absolute Gasteiger partial charge is 0.385 e. The van der Waals surface area contributed by atoms with E-state index in [0.717, 1.165) is 36.4 Å². The van der Waals surface area contributed by atoms with Gasteiger partial charge in [0.1, 0.15) is 5.82 Å². The van der Waals surface area contributed by atoms with E-state index in [2.05, 4.69) is 29.5 Å². The minimum atomic E-state index is 0.0626. The number of methoxy groups -OCH3 is 1. The van der Waals surface area contributed by atoms with E-state index in [9.17, 15) is 0 Å². The van der Waals surface area contributed by atoms with Gasteiger partial charge in [-0.25, -0.2) is 4.98 Å². The van der Waals surface area contributed by atoms with Crippen LogP contribution in [0, 0.1) is 16.7 Å². The van der Waals surface area contributed by atoms with Crippen molar-refractivity contribution in [1.29, 1.82) is 5.26 Å². The first kappa shape index (κ1) is 15.8. The fourth-order valence-corrected chi connectivity index (χ4v) is 2.61. The molecule has 0 aliphatic rings. The van der Waals surface area contributed by atoms with Crippen molar-refractivity contribution in [2.75, 3.05) is 13.7 Å². The molecule has 0 bridgehead atoms. The summed E-state index contributed by atoms with van der Waals surface area (Å²) in [6.45, 7) is 5.91. The third-order valence-corrected chi connectivity index (χ3v) is 3.88. The zero-order valence-corrected chi connectivity index (χ0v) is 13.4.